The number of benzene rings is 2. The number of carboxylic acid groups (broad SMARTS) is 1. The van der Waals surface area contributed by atoms with E-state index in [4.69, 9.17) is 9.47 Å². The lowest BCUT2D eigenvalue weighted by Gasteiger charge is -2.30. The third-order valence-electron chi connectivity index (χ3n) is 6.26. The first kappa shape index (κ1) is 22.9. The van der Waals surface area contributed by atoms with E-state index in [1.54, 1.807) is 24.3 Å². The molecular formula is C25H24FN3O6. The zero-order chi connectivity index (χ0) is 24.5. The molecule has 0 bridgehead atoms. The van der Waals surface area contributed by atoms with Gasteiger partial charge in [-0.05, 0) is 43.2 Å². The molecule has 1 aliphatic carbocycles. The predicted octanol–water partition coefficient (Wildman–Crippen LogP) is 2.81. The summed E-state index contributed by atoms with van der Waals surface area (Å²) in [5, 5.41) is 12.6. The van der Waals surface area contributed by atoms with Crippen LogP contribution in [0.3, 0.4) is 0 Å². The summed E-state index contributed by atoms with van der Waals surface area (Å²) < 4.78 is 26.6. The second kappa shape index (κ2) is 9.38. The highest BCUT2D eigenvalue weighted by Gasteiger charge is 2.28. The van der Waals surface area contributed by atoms with Crippen LogP contribution in [0.4, 0.5) is 10.1 Å². The molecule has 3 aromatic rings. The second-order valence-electron chi connectivity index (χ2n) is 8.60. The van der Waals surface area contributed by atoms with Gasteiger partial charge in [0.15, 0.2) is 11.5 Å². The van der Waals surface area contributed by atoms with E-state index in [-0.39, 0.29) is 23.8 Å². The van der Waals surface area contributed by atoms with Gasteiger partial charge in [0.05, 0.1) is 11.2 Å². The maximum absolute atomic E-state index is 14.6. The number of aldehydes is 1. The van der Waals surface area contributed by atoms with Crippen LogP contribution in [-0.2, 0) is 0 Å². The van der Waals surface area contributed by atoms with E-state index < -0.39 is 17.2 Å². The van der Waals surface area contributed by atoms with Gasteiger partial charge < -0.3 is 29.4 Å². The number of aromatic nitrogens is 1. The summed E-state index contributed by atoms with van der Waals surface area (Å²) in [6.45, 7) is 3.21. The molecular weight excluding hydrogens is 457 g/mol. The van der Waals surface area contributed by atoms with Gasteiger partial charge in [-0.2, -0.15) is 0 Å². The highest BCUT2D eigenvalue weighted by Crippen LogP contribution is 2.38. The lowest BCUT2D eigenvalue weighted by Crippen LogP contribution is -2.43. The van der Waals surface area contributed by atoms with Gasteiger partial charge in [-0.25, -0.2) is 9.18 Å². The molecule has 1 saturated heterocycles. The van der Waals surface area contributed by atoms with E-state index in [1.807, 2.05) is 9.47 Å². The van der Waals surface area contributed by atoms with E-state index in [1.165, 1.54) is 12.3 Å². The number of pyridine rings is 1. The van der Waals surface area contributed by atoms with E-state index in [0.717, 1.165) is 32.2 Å². The van der Waals surface area contributed by atoms with Crippen LogP contribution in [0, 0.1) is 5.82 Å². The number of anilines is 1. The fourth-order valence-electron chi connectivity index (χ4n) is 4.30. The number of piperazine rings is 1. The molecule has 6 rings (SSSR count). The van der Waals surface area contributed by atoms with Crippen molar-refractivity contribution in [2.75, 3.05) is 37.9 Å². The molecule has 2 aromatic carbocycles. The second-order valence-corrected chi connectivity index (χ2v) is 8.60. The van der Waals surface area contributed by atoms with Crippen LogP contribution in [-0.4, -0.2) is 54.9 Å². The molecule has 10 heteroatoms. The van der Waals surface area contributed by atoms with E-state index in [2.05, 4.69) is 5.32 Å². The number of carboxylic acids is 1. The standard InChI is InChI=1S/C17H18FN3O3.C8H6O3/c18-13-7-11-14(8-15(13)20-5-3-19-4-6-20)21(10-1-2-10)9-12(16(11)22)17(23)24;9-4-6-1-2-7-8(3-6)11-5-10-7/h7-10,19H,1-6H2,(H,23,24);1-4H,5H2. The number of ether oxygens (including phenoxy) is 2. The number of aromatic carboxylic acids is 1. The van der Waals surface area contributed by atoms with E-state index in [9.17, 15) is 23.9 Å². The Bertz CT molecular complexity index is 1360. The van der Waals surface area contributed by atoms with Gasteiger partial charge in [0.2, 0.25) is 12.2 Å². The average Bonchev–Trinajstić information content (AvgIpc) is 3.61. The number of halogens is 1. The van der Waals surface area contributed by atoms with Gasteiger partial charge in [-0.1, -0.05) is 0 Å². The predicted molar refractivity (Wildman–Crippen MR) is 126 cm³/mol. The van der Waals surface area contributed by atoms with Crippen LogP contribution in [0.25, 0.3) is 10.9 Å². The molecule has 1 saturated carbocycles. The Labute approximate surface area is 199 Å². The van der Waals surface area contributed by atoms with Crippen molar-refractivity contribution in [3.8, 4) is 11.5 Å². The lowest BCUT2D eigenvalue weighted by molar-refractivity contribution is 0.0694. The number of rotatable bonds is 4. The van der Waals surface area contributed by atoms with Crippen molar-refractivity contribution >= 4 is 28.8 Å². The monoisotopic (exact) mass is 481 g/mol. The van der Waals surface area contributed by atoms with Crippen molar-refractivity contribution in [2.24, 2.45) is 0 Å². The van der Waals surface area contributed by atoms with Crippen LogP contribution in [0.2, 0.25) is 0 Å². The normalized spacial score (nSPS) is 16.5. The lowest BCUT2D eigenvalue weighted by atomic mass is 10.1. The van der Waals surface area contributed by atoms with Gasteiger partial charge in [-0.3, -0.25) is 9.59 Å². The Balaban J connectivity index is 0.000000192. The third-order valence-corrected chi connectivity index (χ3v) is 6.26. The van der Waals surface area contributed by atoms with Crippen molar-refractivity contribution < 1.29 is 28.6 Å². The van der Waals surface area contributed by atoms with Crippen molar-refractivity contribution in [1.82, 2.24) is 9.88 Å². The molecule has 3 aliphatic rings. The first-order valence-corrected chi connectivity index (χ1v) is 11.4. The number of nitrogens with zero attached hydrogens (tertiary/aromatic N) is 2. The Morgan fingerprint density at radius 2 is 1.86 bits per heavy atom. The van der Waals surface area contributed by atoms with E-state index >= 15 is 0 Å². The minimum Gasteiger partial charge on any atom is -0.477 e. The van der Waals surface area contributed by atoms with Crippen LogP contribution < -0.4 is 25.1 Å². The summed E-state index contributed by atoms with van der Waals surface area (Å²) in [6.07, 6.45) is 4.07. The Kier molecular flexibility index (Phi) is 6.12. The van der Waals surface area contributed by atoms with Gasteiger partial charge in [0.25, 0.3) is 0 Å². The summed E-state index contributed by atoms with van der Waals surface area (Å²) in [5.41, 5.74) is 0.765. The summed E-state index contributed by atoms with van der Waals surface area (Å²) in [6, 6.07) is 8.16. The highest BCUT2D eigenvalue weighted by atomic mass is 19.1. The number of carbonyl (C=O) groups excluding carboxylic acids is 1. The highest BCUT2D eigenvalue weighted by molar-refractivity contribution is 5.93. The molecule has 1 aromatic heterocycles. The molecule has 35 heavy (non-hydrogen) atoms. The number of fused-ring (bicyclic) bond motifs is 2. The van der Waals surface area contributed by atoms with Gasteiger partial charge in [0, 0.05) is 49.4 Å². The summed E-state index contributed by atoms with van der Waals surface area (Å²) in [4.78, 5) is 36.0. The number of hydrogen-bond donors (Lipinski definition) is 2. The number of carbonyl (C=O) groups is 2. The first-order valence-electron chi connectivity index (χ1n) is 11.4. The molecule has 2 aliphatic heterocycles. The van der Waals surface area contributed by atoms with Crippen LogP contribution >= 0.6 is 0 Å². The SMILES string of the molecule is O=C(O)c1cn(C2CC2)c2cc(N3CCNCC3)c(F)cc2c1=O.O=Cc1ccc2c(c1)OCO2. The Hall–Kier alpha value is -3.92. The van der Waals surface area contributed by atoms with Gasteiger partial charge in [0.1, 0.15) is 17.7 Å². The fraction of sp³-hybridized carbons (Fsp3) is 0.320. The van der Waals surface area contributed by atoms with Gasteiger partial charge >= 0.3 is 5.97 Å². The maximum atomic E-state index is 14.6. The largest absolute Gasteiger partial charge is 0.477 e. The minimum atomic E-state index is -1.28. The smallest absolute Gasteiger partial charge is 0.341 e. The molecule has 182 valence electrons. The maximum Gasteiger partial charge on any atom is 0.341 e. The molecule has 0 amide bonds. The molecule has 0 spiro atoms. The topological polar surface area (TPSA) is 110 Å². The van der Waals surface area contributed by atoms with E-state index in [0.29, 0.717) is 41.4 Å². The molecule has 0 radical (unpaired) electrons. The molecule has 0 atom stereocenters. The zero-order valence-electron chi connectivity index (χ0n) is 18.8. The van der Waals surface area contributed by atoms with Crippen LogP contribution in [0.5, 0.6) is 11.5 Å². The third kappa shape index (κ3) is 4.57. The van der Waals surface area contributed by atoms with Crippen LogP contribution in [0.1, 0.15) is 39.6 Å². The quantitative estimate of drug-likeness (QED) is 0.548. The van der Waals surface area contributed by atoms with Crippen molar-refractivity contribution in [3.63, 3.8) is 0 Å². The first-order chi connectivity index (χ1) is 17.0. The summed E-state index contributed by atoms with van der Waals surface area (Å²) >= 11 is 0. The number of nitrogens with one attached hydrogen (secondary N) is 1. The summed E-state index contributed by atoms with van der Waals surface area (Å²) in [5.74, 6) is -0.403. The van der Waals surface area contributed by atoms with Crippen LogP contribution in [0.15, 0.2) is 41.3 Å². The van der Waals surface area contributed by atoms with Crippen molar-refractivity contribution in [2.45, 2.75) is 18.9 Å². The molecule has 3 heterocycles. The van der Waals surface area contributed by atoms with Crippen molar-refractivity contribution in [1.29, 1.82) is 0 Å². The Morgan fingerprint density at radius 1 is 1.11 bits per heavy atom. The molecule has 9 nitrogen and oxygen atoms in total. The minimum absolute atomic E-state index is 0.137. The summed E-state index contributed by atoms with van der Waals surface area (Å²) in [7, 11) is 0. The molecule has 0 unspecified atom stereocenters. The fourth-order valence-corrected chi connectivity index (χ4v) is 4.30. The average molecular weight is 481 g/mol. The van der Waals surface area contributed by atoms with Crippen molar-refractivity contribution in [3.05, 3.63) is 63.7 Å². The number of hydrogen-bond acceptors (Lipinski definition) is 7. The molecule has 2 fully saturated rings. The van der Waals surface area contributed by atoms with Gasteiger partial charge in [-0.15, -0.1) is 0 Å². The molecule has 2 N–H and O–H groups in total. The zero-order valence-corrected chi connectivity index (χ0v) is 18.8. The Morgan fingerprint density at radius 3 is 2.54 bits per heavy atom.